The number of rotatable bonds is 4. The van der Waals surface area contributed by atoms with Gasteiger partial charge in [-0.25, -0.2) is 14.4 Å². The number of benzene rings is 1. The van der Waals surface area contributed by atoms with E-state index >= 15 is 0 Å². The van der Waals surface area contributed by atoms with Crippen molar-refractivity contribution >= 4 is 39.0 Å². The predicted octanol–water partition coefficient (Wildman–Crippen LogP) is 2.98. The standard InChI is InChI=1S/C19H16FN5O2S/c1-10(2)25-9-15(27-24-25)23-18(26)17-16(21)13-7-8-14(22-19(13)28-17)11-3-5-12(20)6-4-11/h3-10H,1-2H3,(H2-,21,23,24,26). The van der Waals surface area contributed by atoms with E-state index < -0.39 is 5.90 Å². The molecule has 3 aromatic heterocycles. The Balaban J connectivity index is 1.72. The molecule has 0 aliphatic rings. The van der Waals surface area contributed by atoms with Crippen LogP contribution >= 0.6 is 11.3 Å². The second-order valence-electron chi connectivity index (χ2n) is 6.43. The summed E-state index contributed by atoms with van der Waals surface area (Å²) in [5, 5.41) is 17.1. The number of pyridine rings is 1. The first-order chi connectivity index (χ1) is 13.4. The number of nitrogens with zero attached hydrogens (tertiary/aromatic N) is 4. The van der Waals surface area contributed by atoms with Crippen LogP contribution in [0.15, 0.2) is 52.1 Å². The fraction of sp³-hybridized carbons (Fsp3) is 0.158. The molecule has 0 saturated carbocycles. The number of nitrogens with two attached hydrogens (primary N) is 1. The maximum atomic E-state index is 13.1. The number of hydrogen-bond acceptors (Lipinski definition) is 7. The lowest BCUT2D eigenvalue weighted by molar-refractivity contribution is -0.779. The van der Waals surface area contributed by atoms with Crippen molar-refractivity contribution in [2.24, 2.45) is 4.99 Å². The maximum absolute atomic E-state index is 13.1. The Kier molecular flexibility index (Phi) is 4.52. The molecule has 4 rings (SSSR count). The van der Waals surface area contributed by atoms with Gasteiger partial charge in [0.15, 0.2) is 6.04 Å². The van der Waals surface area contributed by atoms with Gasteiger partial charge in [0.25, 0.3) is 6.20 Å². The van der Waals surface area contributed by atoms with Crippen molar-refractivity contribution in [3.8, 4) is 11.3 Å². The van der Waals surface area contributed by atoms with E-state index in [-0.39, 0.29) is 22.6 Å². The van der Waals surface area contributed by atoms with Crippen LogP contribution in [0.4, 0.5) is 16.0 Å². The van der Waals surface area contributed by atoms with E-state index in [0.717, 1.165) is 16.9 Å². The number of aromatic nitrogens is 3. The lowest BCUT2D eigenvalue weighted by Gasteiger charge is -2.06. The number of hydrogen-bond donors (Lipinski definition) is 1. The van der Waals surface area contributed by atoms with E-state index in [4.69, 9.17) is 10.3 Å². The smallest absolute Gasteiger partial charge is 0.320 e. The molecule has 142 valence electrons. The van der Waals surface area contributed by atoms with Gasteiger partial charge in [-0.15, -0.1) is 11.3 Å². The summed E-state index contributed by atoms with van der Waals surface area (Å²) in [6, 6.07) is 9.71. The van der Waals surface area contributed by atoms with E-state index in [2.05, 4.69) is 15.2 Å². The number of fused-ring (bicyclic) bond motifs is 1. The highest BCUT2D eigenvalue weighted by Gasteiger charge is 2.16. The number of thiophene rings is 1. The summed E-state index contributed by atoms with van der Waals surface area (Å²) in [5.74, 6) is -0.725. The van der Waals surface area contributed by atoms with Crippen molar-refractivity contribution in [3.63, 3.8) is 0 Å². The Bertz CT molecular complexity index is 1180. The van der Waals surface area contributed by atoms with Crippen LogP contribution in [-0.2, 0) is 0 Å². The molecule has 0 bridgehead atoms. The highest BCUT2D eigenvalue weighted by Crippen LogP contribution is 2.34. The molecule has 0 spiro atoms. The molecule has 28 heavy (non-hydrogen) atoms. The lowest BCUT2D eigenvalue weighted by Crippen LogP contribution is -2.36. The molecule has 0 atom stereocenters. The second-order valence-corrected chi connectivity index (χ2v) is 7.43. The molecule has 0 aliphatic heterocycles. The summed E-state index contributed by atoms with van der Waals surface area (Å²) in [7, 11) is 0. The van der Waals surface area contributed by atoms with Gasteiger partial charge in [0.1, 0.15) is 10.6 Å². The fourth-order valence-electron chi connectivity index (χ4n) is 2.63. The van der Waals surface area contributed by atoms with E-state index in [9.17, 15) is 9.50 Å². The molecular weight excluding hydrogens is 381 g/mol. The normalized spacial score (nSPS) is 12.2. The molecule has 0 radical (unpaired) electrons. The van der Waals surface area contributed by atoms with E-state index in [1.54, 1.807) is 35.1 Å². The maximum Gasteiger partial charge on any atom is 0.320 e. The average molecular weight is 397 g/mol. The average Bonchev–Trinajstić information content (AvgIpc) is 3.27. The third-order valence-electron chi connectivity index (χ3n) is 4.14. The molecule has 3 heterocycles. The van der Waals surface area contributed by atoms with Gasteiger partial charge in [-0.1, -0.05) is 0 Å². The molecule has 0 aliphatic carbocycles. The predicted molar refractivity (Wildman–Crippen MR) is 103 cm³/mol. The Morgan fingerprint density at radius 2 is 2.00 bits per heavy atom. The van der Waals surface area contributed by atoms with Crippen LogP contribution in [-0.4, -0.2) is 16.2 Å². The van der Waals surface area contributed by atoms with E-state index in [1.165, 1.54) is 12.1 Å². The van der Waals surface area contributed by atoms with Crippen LogP contribution in [0.2, 0.25) is 0 Å². The van der Waals surface area contributed by atoms with Crippen molar-refractivity contribution < 1.29 is 18.7 Å². The quantitative estimate of drug-likeness (QED) is 0.324. The SMILES string of the molecule is CC(C)[n+]1cc(/N=C(\[O-])c2sc3nc(-c4ccc(F)cc4)ccc3c2N)on1. The van der Waals surface area contributed by atoms with Crippen LogP contribution < -0.4 is 15.5 Å². The van der Waals surface area contributed by atoms with Gasteiger partial charge < -0.3 is 10.8 Å². The highest BCUT2D eigenvalue weighted by molar-refractivity contribution is 7.21. The van der Waals surface area contributed by atoms with Crippen LogP contribution in [0.5, 0.6) is 0 Å². The summed E-state index contributed by atoms with van der Waals surface area (Å²) in [5.41, 5.74) is 7.90. The number of nitrogen functional groups attached to an aromatic ring is 1. The molecular formula is C19H16FN5O2S. The summed E-state index contributed by atoms with van der Waals surface area (Å²) in [6.45, 7) is 3.87. The van der Waals surface area contributed by atoms with Crippen molar-refractivity contribution in [2.75, 3.05) is 5.73 Å². The molecule has 7 nitrogen and oxygen atoms in total. The van der Waals surface area contributed by atoms with Crippen molar-refractivity contribution in [1.82, 2.24) is 10.3 Å². The van der Waals surface area contributed by atoms with Crippen LogP contribution in [0.25, 0.3) is 21.5 Å². The van der Waals surface area contributed by atoms with Crippen LogP contribution in [0, 0.1) is 5.82 Å². The van der Waals surface area contributed by atoms with E-state index in [1.807, 2.05) is 13.8 Å². The molecule has 0 fully saturated rings. The second kappa shape index (κ2) is 7.01. The first-order valence-corrected chi connectivity index (χ1v) is 9.33. The number of aliphatic imine (C=N–C) groups is 1. The first kappa shape index (κ1) is 18.1. The van der Waals surface area contributed by atoms with Crippen molar-refractivity contribution in [1.29, 1.82) is 0 Å². The molecule has 0 amide bonds. The topological polar surface area (TPSA) is 104 Å². The Morgan fingerprint density at radius 1 is 1.25 bits per heavy atom. The minimum absolute atomic E-state index is 0.0891. The zero-order chi connectivity index (χ0) is 19.8. The molecule has 1 aromatic carbocycles. The fourth-order valence-corrected chi connectivity index (χ4v) is 3.61. The third-order valence-corrected chi connectivity index (χ3v) is 5.24. The zero-order valence-electron chi connectivity index (χ0n) is 15.1. The molecule has 9 heteroatoms. The van der Waals surface area contributed by atoms with Gasteiger partial charge >= 0.3 is 5.88 Å². The van der Waals surface area contributed by atoms with Gasteiger partial charge in [-0.3, -0.25) is 4.52 Å². The van der Waals surface area contributed by atoms with Gasteiger partial charge in [0.05, 0.1) is 16.3 Å². The molecule has 4 aromatic rings. The largest absolute Gasteiger partial charge is 0.857 e. The monoisotopic (exact) mass is 397 g/mol. The Morgan fingerprint density at radius 3 is 2.68 bits per heavy atom. The molecule has 2 N–H and O–H groups in total. The third kappa shape index (κ3) is 3.31. The van der Waals surface area contributed by atoms with Crippen LogP contribution in [0.1, 0.15) is 24.8 Å². The van der Waals surface area contributed by atoms with Gasteiger partial charge in [0, 0.05) is 16.8 Å². The minimum Gasteiger partial charge on any atom is -0.857 e. The molecule has 0 unspecified atom stereocenters. The summed E-state index contributed by atoms with van der Waals surface area (Å²) in [4.78, 5) is 9.39. The number of halogens is 1. The highest BCUT2D eigenvalue weighted by atomic mass is 32.1. The Labute approximate surface area is 163 Å². The lowest BCUT2D eigenvalue weighted by atomic mass is 10.1. The summed E-state index contributed by atoms with van der Waals surface area (Å²) >= 11 is 1.15. The minimum atomic E-state index is -0.518. The summed E-state index contributed by atoms with van der Waals surface area (Å²) in [6.07, 6.45) is 1.55. The van der Waals surface area contributed by atoms with Gasteiger partial charge in [-0.05, 0) is 54.9 Å². The first-order valence-electron chi connectivity index (χ1n) is 8.51. The zero-order valence-corrected chi connectivity index (χ0v) is 15.9. The summed E-state index contributed by atoms with van der Waals surface area (Å²) < 4.78 is 19.8. The van der Waals surface area contributed by atoms with Crippen molar-refractivity contribution in [2.45, 2.75) is 19.9 Å². The van der Waals surface area contributed by atoms with Crippen LogP contribution in [0.3, 0.4) is 0 Å². The van der Waals surface area contributed by atoms with Gasteiger partial charge in [-0.2, -0.15) is 0 Å². The molecule has 0 saturated heterocycles. The Hall–Kier alpha value is -3.33. The van der Waals surface area contributed by atoms with E-state index in [0.29, 0.717) is 21.6 Å². The van der Waals surface area contributed by atoms with Gasteiger partial charge in [0.2, 0.25) is 5.27 Å². The number of anilines is 1. The van der Waals surface area contributed by atoms with Crippen molar-refractivity contribution in [3.05, 3.63) is 53.3 Å².